The summed E-state index contributed by atoms with van der Waals surface area (Å²) < 4.78 is 13.2. The second kappa shape index (κ2) is 8.10. The molecule has 0 radical (unpaired) electrons. The number of anilines is 1. The molecule has 2 rings (SSSR count). The third-order valence-electron chi connectivity index (χ3n) is 3.56. The number of halogens is 1. The van der Waals surface area contributed by atoms with Gasteiger partial charge in [0.15, 0.2) is 0 Å². The topological polar surface area (TPSA) is 70.2 Å². The number of amides is 2. The first-order valence-electron chi connectivity index (χ1n) is 7.57. The number of aryl methyl sites for hydroxylation is 1. The van der Waals surface area contributed by atoms with Gasteiger partial charge in [0.05, 0.1) is 6.54 Å². The van der Waals surface area contributed by atoms with Crippen LogP contribution in [0.1, 0.15) is 17.2 Å². The van der Waals surface area contributed by atoms with Gasteiger partial charge in [-0.3, -0.25) is 9.59 Å². The van der Waals surface area contributed by atoms with E-state index >= 15 is 0 Å². The number of benzene rings is 2. The molecule has 3 N–H and O–H groups in total. The Hall–Kier alpha value is -2.89. The quantitative estimate of drug-likeness (QED) is 0.760. The molecule has 0 heterocycles. The summed E-state index contributed by atoms with van der Waals surface area (Å²) in [6.07, 6.45) is 0. The molecule has 0 fully saturated rings. The summed E-state index contributed by atoms with van der Waals surface area (Å²) in [7, 11) is 1.52. The Balaban J connectivity index is 2.00. The number of nitrogens with one attached hydrogen (secondary N) is 3. The van der Waals surface area contributed by atoms with Crippen LogP contribution in [0.4, 0.5) is 10.1 Å². The van der Waals surface area contributed by atoms with Gasteiger partial charge in [0, 0.05) is 12.7 Å². The van der Waals surface area contributed by atoms with Crippen molar-refractivity contribution in [2.24, 2.45) is 0 Å². The van der Waals surface area contributed by atoms with Crippen molar-refractivity contribution in [2.45, 2.75) is 13.0 Å². The number of rotatable bonds is 6. The molecule has 0 saturated carbocycles. The molecule has 126 valence electrons. The minimum atomic E-state index is -0.763. The number of carbonyl (C=O) groups is 2. The number of hydrogen-bond donors (Lipinski definition) is 3. The van der Waals surface area contributed by atoms with Gasteiger partial charge in [-0.25, -0.2) is 4.39 Å². The molecule has 2 amide bonds. The van der Waals surface area contributed by atoms with Gasteiger partial charge in [-0.15, -0.1) is 0 Å². The molecular weight excluding hydrogens is 309 g/mol. The lowest BCUT2D eigenvalue weighted by atomic mass is 10.1. The Bertz CT molecular complexity index is 719. The molecule has 0 aliphatic heterocycles. The van der Waals surface area contributed by atoms with E-state index in [1.165, 1.54) is 13.1 Å². The highest BCUT2D eigenvalue weighted by Crippen LogP contribution is 2.14. The summed E-state index contributed by atoms with van der Waals surface area (Å²) in [5.41, 5.74) is 1.83. The number of hydrogen-bond acceptors (Lipinski definition) is 3. The maximum atomic E-state index is 13.2. The van der Waals surface area contributed by atoms with Crippen LogP contribution >= 0.6 is 0 Å². The summed E-state index contributed by atoms with van der Waals surface area (Å²) in [6, 6.07) is 12.7. The van der Waals surface area contributed by atoms with Gasteiger partial charge in [-0.05, 0) is 36.2 Å². The van der Waals surface area contributed by atoms with E-state index in [0.717, 1.165) is 0 Å². The lowest BCUT2D eigenvalue weighted by Gasteiger charge is -2.18. The summed E-state index contributed by atoms with van der Waals surface area (Å²) in [4.78, 5) is 24.2. The van der Waals surface area contributed by atoms with E-state index in [-0.39, 0.29) is 24.2 Å². The normalized spacial score (nSPS) is 11.5. The van der Waals surface area contributed by atoms with Gasteiger partial charge < -0.3 is 16.0 Å². The van der Waals surface area contributed by atoms with Crippen LogP contribution in [-0.4, -0.2) is 25.4 Å². The summed E-state index contributed by atoms with van der Waals surface area (Å²) >= 11 is 0. The van der Waals surface area contributed by atoms with Crippen molar-refractivity contribution < 1.29 is 14.0 Å². The number of carbonyl (C=O) groups excluding carboxylic acids is 2. The smallest absolute Gasteiger partial charge is 0.246 e. The Morgan fingerprint density at radius 3 is 2.46 bits per heavy atom. The fraction of sp³-hybridized carbons (Fsp3) is 0.222. The molecule has 0 unspecified atom stereocenters. The minimum absolute atomic E-state index is 0.0224. The van der Waals surface area contributed by atoms with Crippen LogP contribution in [0, 0.1) is 12.7 Å². The van der Waals surface area contributed by atoms with Crippen molar-refractivity contribution in [3.63, 3.8) is 0 Å². The zero-order valence-electron chi connectivity index (χ0n) is 13.6. The highest BCUT2D eigenvalue weighted by Gasteiger charge is 2.21. The van der Waals surface area contributed by atoms with Crippen molar-refractivity contribution in [3.8, 4) is 0 Å². The zero-order chi connectivity index (χ0) is 17.5. The van der Waals surface area contributed by atoms with Crippen LogP contribution in [0.25, 0.3) is 0 Å². The van der Waals surface area contributed by atoms with E-state index in [0.29, 0.717) is 16.8 Å². The fourth-order valence-electron chi connectivity index (χ4n) is 2.24. The Morgan fingerprint density at radius 2 is 1.83 bits per heavy atom. The average Bonchev–Trinajstić information content (AvgIpc) is 2.60. The van der Waals surface area contributed by atoms with E-state index in [9.17, 15) is 14.0 Å². The first kappa shape index (κ1) is 17.5. The van der Waals surface area contributed by atoms with Crippen LogP contribution in [0.15, 0.2) is 48.5 Å². The summed E-state index contributed by atoms with van der Waals surface area (Å²) in [6.45, 7) is 1.63. The Morgan fingerprint density at radius 1 is 1.12 bits per heavy atom. The van der Waals surface area contributed by atoms with E-state index in [1.54, 1.807) is 43.3 Å². The molecule has 0 aliphatic rings. The molecule has 0 bridgehead atoms. The predicted molar refractivity (Wildman–Crippen MR) is 91.0 cm³/mol. The van der Waals surface area contributed by atoms with E-state index in [4.69, 9.17) is 0 Å². The van der Waals surface area contributed by atoms with Crippen molar-refractivity contribution in [2.75, 3.05) is 18.9 Å². The summed E-state index contributed by atoms with van der Waals surface area (Å²) in [5.74, 6) is -0.935. The average molecular weight is 329 g/mol. The van der Waals surface area contributed by atoms with Gasteiger partial charge in [-0.2, -0.15) is 0 Å². The largest absolute Gasteiger partial charge is 0.376 e. The minimum Gasteiger partial charge on any atom is -0.376 e. The van der Waals surface area contributed by atoms with Crippen LogP contribution in [-0.2, 0) is 9.59 Å². The molecule has 0 saturated heterocycles. The molecule has 0 spiro atoms. The van der Waals surface area contributed by atoms with Crippen LogP contribution in [0.5, 0.6) is 0 Å². The highest BCUT2D eigenvalue weighted by molar-refractivity contribution is 5.89. The van der Waals surface area contributed by atoms with Crippen LogP contribution in [0.3, 0.4) is 0 Å². The SMILES string of the molecule is CNC(=O)[C@@H](NC(=O)CNc1ccc(F)c(C)c1)c1ccccc1. The van der Waals surface area contributed by atoms with Crippen molar-refractivity contribution in [3.05, 3.63) is 65.5 Å². The van der Waals surface area contributed by atoms with Crippen LogP contribution in [0.2, 0.25) is 0 Å². The molecular formula is C18H20FN3O2. The van der Waals surface area contributed by atoms with E-state index in [2.05, 4.69) is 16.0 Å². The predicted octanol–water partition coefficient (Wildman–Crippen LogP) is 2.15. The maximum Gasteiger partial charge on any atom is 0.246 e. The van der Waals surface area contributed by atoms with Gasteiger partial charge in [-0.1, -0.05) is 30.3 Å². The highest BCUT2D eigenvalue weighted by atomic mass is 19.1. The standard InChI is InChI=1S/C18H20FN3O2/c1-12-10-14(8-9-15(12)19)21-11-16(23)22-17(18(24)20-2)13-6-4-3-5-7-13/h3-10,17,21H,11H2,1-2H3,(H,20,24)(H,22,23)/t17-/m0/s1. The molecule has 0 aromatic heterocycles. The fourth-order valence-corrected chi connectivity index (χ4v) is 2.24. The first-order valence-corrected chi connectivity index (χ1v) is 7.57. The third-order valence-corrected chi connectivity index (χ3v) is 3.56. The molecule has 5 nitrogen and oxygen atoms in total. The second-order valence-corrected chi connectivity index (χ2v) is 5.34. The zero-order valence-corrected chi connectivity index (χ0v) is 13.6. The molecule has 24 heavy (non-hydrogen) atoms. The van der Waals surface area contributed by atoms with Gasteiger partial charge in [0.1, 0.15) is 11.9 Å². The lowest BCUT2D eigenvalue weighted by molar-refractivity contribution is -0.128. The van der Waals surface area contributed by atoms with Gasteiger partial charge in [0.2, 0.25) is 11.8 Å². The maximum absolute atomic E-state index is 13.2. The van der Waals surface area contributed by atoms with E-state index in [1.807, 2.05) is 6.07 Å². The van der Waals surface area contributed by atoms with Crippen molar-refractivity contribution in [1.82, 2.24) is 10.6 Å². The second-order valence-electron chi connectivity index (χ2n) is 5.34. The van der Waals surface area contributed by atoms with E-state index < -0.39 is 6.04 Å². The molecule has 0 aliphatic carbocycles. The van der Waals surface area contributed by atoms with Crippen molar-refractivity contribution in [1.29, 1.82) is 0 Å². The Labute approximate surface area is 140 Å². The molecule has 2 aromatic rings. The number of likely N-dealkylation sites (N-methyl/N-ethyl adjacent to an activating group) is 1. The lowest BCUT2D eigenvalue weighted by Crippen LogP contribution is -2.41. The van der Waals surface area contributed by atoms with Gasteiger partial charge in [0.25, 0.3) is 0 Å². The van der Waals surface area contributed by atoms with Crippen LogP contribution < -0.4 is 16.0 Å². The van der Waals surface area contributed by atoms with Gasteiger partial charge >= 0.3 is 0 Å². The third kappa shape index (κ3) is 4.55. The Kier molecular flexibility index (Phi) is 5.89. The summed E-state index contributed by atoms with van der Waals surface area (Å²) in [5, 5.41) is 8.15. The first-order chi connectivity index (χ1) is 11.5. The molecule has 6 heteroatoms. The monoisotopic (exact) mass is 329 g/mol. The van der Waals surface area contributed by atoms with Crippen molar-refractivity contribution >= 4 is 17.5 Å². The molecule has 1 atom stereocenters. The molecule has 2 aromatic carbocycles.